The molecule has 2 aromatic carbocycles. The van der Waals surface area contributed by atoms with Crippen molar-refractivity contribution in [2.45, 2.75) is 19.0 Å². The monoisotopic (exact) mass is 433 g/mol. The summed E-state index contributed by atoms with van der Waals surface area (Å²) >= 11 is 1.17. The zero-order valence-corrected chi connectivity index (χ0v) is 17.6. The van der Waals surface area contributed by atoms with E-state index < -0.39 is 6.04 Å². The SMILES string of the molecule is COc1ccc(CNC(=O)CC2N=C3c4ccccc4N=C(SCC#N)N3C2=O)cc1. The highest BCUT2D eigenvalue weighted by atomic mass is 32.2. The van der Waals surface area contributed by atoms with Crippen LogP contribution in [0, 0.1) is 11.3 Å². The predicted molar refractivity (Wildman–Crippen MR) is 118 cm³/mol. The Balaban J connectivity index is 1.47. The van der Waals surface area contributed by atoms with E-state index in [0.29, 0.717) is 23.2 Å². The number of ether oxygens (including phenoxy) is 1. The third-order valence-corrected chi connectivity index (χ3v) is 5.65. The van der Waals surface area contributed by atoms with Crippen LogP contribution in [0.1, 0.15) is 17.5 Å². The summed E-state index contributed by atoms with van der Waals surface area (Å²) in [5.74, 6) is 0.795. The number of amides is 2. The van der Waals surface area contributed by atoms with Crippen LogP contribution in [0.3, 0.4) is 0 Å². The lowest BCUT2D eigenvalue weighted by Crippen LogP contribution is -2.42. The largest absolute Gasteiger partial charge is 0.497 e. The first-order valence-corrected chi connectivity index (χ1v) is 10.6. The molecule has 4 rings (SSSR count). The standard InChI is InChI=1S/C22H19N5O3S/c1-30-15-8-6-14(7-9-15)13-24-19(28)12-18-21(29)27-20(25-18)16-4-2-3-5-17(16)26-22(27)31-11-10-23/h2-9,18H,11-13H2,1H3,(H,24,28). The second-order valence-electron chi connectivity index (χ2n) is 6.83. The Hall–Kier alpha value is -3.64. The zero-order chi connectivity index (χ0) is 21.8. The number of carbonyl (C=O) groups is 2. The molecule has 8 nitrogen and oxygen atoms in total. The minimum absolute atomic E-state index is 0.0622. The van der Waals surface area contributed by atoms with Gasteiger partial charge in [0.25, 0.3) is 5.91 Å². The van der Waals surface area contributed by atoms with Crippen molar-refractivity contribution in [1.29, 1.82) is 5.26 Å². The maximum atomic E-state index is 13.0. The van der Waals surface area contributed by atoms with Crippen LogP contribution in [0.5, 0.6) is 5.75 Å². The van der Waals surface area contributed by atoms with Crippen molar-refractivity contribution < 1.29 is 14.3 Å². The maximum absolute atomic E-state index is 13.0. The number of para-hydroxylation sites is 1. The van der Waals surface area contributed by atoms with Crippen molar-refractivity contribution in [2.24, 2.45) is 9.98 Å². The Kier molecular flexibility index (Phi) is 6.00. The van der Waals surface area contributed by atoms with E-state index in [1.165, 1.54) is 16.7 Å². The molecule has 31 heavy (non-hydrogen) atoms. The molecule has 0 aliphatic carbocycles. The molecule has 2 aliphatic heterocycles. The molecule has 9 heteroatoms. The van der Waals surface area contributed by atoms with Gasteiger partial charge in [0.05, 0.1) is 31.0 Å². The molecule has 1 atom stereocenters. The van der Waals surface area contributed by atoms with Crippen molar-refractivity contribution >= 4 is 40.3 Å². The number of fused-ring (bicyclic) bond motifs is 3. The lowest BCUT2D eigenvalue weighted by molar-refractivity contribution is -0.128. The molecule has 0 bridgehead atoms. The summed E-state index contributed by atoms with van der Waals surface area (Å²) in [4.78, 5) is 36.0. The normalized spacial score (nSPS) is 16.6. The first-order chi connectivity index (χ1) is 15.1. The minimum Gasteiger partial charge on any atom is -0.497 e. The zero-order valence-electron chi connectivity index (χ0n) is 16.7. The third-order valence-electron chi connectivity index (χ3n) is 4.84. The van der Waals surface area contributed by atoms with Crippen LogP contribution in [0.25, 0.3) is 0 Å². The van der Waals surface area contributed by atoms with Gasteiger partial charge in [-0.1, -0.05) is 36.0 Å². The number of thioether (sulfide) groups is 1. The summed E-state index contributed by atoms with van der Waals surface area (Å²) < 4.78 is 5.13. The van der Waals surface area contributed by atoms with Crippen molar-refractivity contribution in [3.8, 4) is 11.8 Å². The first-order valence-electron chi connectivity index (χ1n) is 9.60. The topological polar surface area (TPSA) is 107 Å². The van der Waals surface area contributed by atoms with E-state index in [0.717, 1.165) is 16.9 Å². The highest BCUT2D eigenvalue weighted by molar-refractivity contribution is 8.14. The number of methoxy groups -OCH3 is 1. The summed E-state index contributed by atoms with van der Waals surface area (Å²) in [5, 5.41) is 12.2. The van der Waals surface area contributed by atoms with Gasteiger partial charge in [0.1, 0.15) is 17.6 Å². The predicted octanol–water partition coefficient (Wildman–Crippen LogP) is 2.62. The van der Waals surface area contributed by atoms with Gasteiger partial charge in [0, 0.05) is 12.1 Å². The molecule has 0 saturated carbocycles. The fourth-order valence-corrected chi connectivity index (χ4v) is 3.98. The van der Waals surface area contributed by atoms with E-state index in [2.05, 4.69) is 15.3 Å². The Bertz CT molecular complexity index is 1120. The molecule has 2 aromatic rings. The molecule has 0 aromatic heterocycles. The van der Waals surface area contributed by atoms with E-state index >= 15 is 0 Å². The number of nitrogens with zero attached hydrogens (tertiary/aromatic N) is 4. The molecule has 2 aliphatic rings. The van der Waals surface area contributed by atoms with E-state index in [4.69, 9.17) is 10.00 Å². The van der Waals surface area contributed by atoms with Crippen molar-refractivity contribution in [2.75, 3.05) is 12.9 Å². The van der Waals surface area contributed by atoms with Crippen LogP contribution in [-0.2, 0) is 16.1 Å². The summed E-state index contributed by atoms with van der Waals surface area (Å²) in [6.45, 7) is 0.345. The second kappa shape index (κ2) is 9.02. The van der Waals surface area contributed by atoms with E-state index in [1.807, 2.05) is 54.6 Å². The quantitative estimate of drug-likeness (QED) is 0.754. The second-order valence-corrected chi connectivity index (χ2v) is 7.77. The molecule has 1 N–H and O–H groups in total. The molecule has 0 radical (unpaired) electrons. The lowest BCUT2D eigenvalue weighted by atomic mass is 10.1. The van der Waals surface area contributed by atoms with Crippen LogP contribution in [0.15, 0.2) is 58.5 Å². The summed E-state index contributed by atoms with van der Waals surface area (Å²) in [6, 6.07) is 16.0. The number of aliphatic imine (C=N–C) groups is 2. The number of amidine groups is 2. The fraction of sp³-hybridized carbons (Fsp3) is 0.227. The van der Waals surface area contributed by atoms with Crippen LogP contribution < -0.4 is 10.1 Å². The van der Waals surface area contributed by atoms with Gasteiger partial charge in [-0.25, -0.2) is 9.89 Å². The molecular formula is C22H19N5O3S. The van der Waals surface area contributed by atoms with Gasteiger partial charge in [0.2, 0.25) is 5.91 Å². The molecular weight excluding hydrogens is 414 g/mol. The van der Waals surface area contributed by atoms with Crippen molar-refractivity contribution in [3.05, 3.63) is 59.7 Å². The fourth-order valence-electron chi connectivity index (χ4n) is 3.32. The van der Waals surface area contributed by atoms with Gasteiger partial charge in [0.15, 0.2) is 5.17 Å². The van der Waals surface area contributed by atoms with E-state index in [1.54, 1.807) is 7.11 Å². The van der Waals surface area contributed by atoms with Crippen LogP contribution in [0.2, 0.25) is 0 Å². The molecule has 2 amide bonds. The summed E-state index contributed by atoms with van der Waals surface area (Å²) in [7, 11) is 1.60. The van der Waals surface area contributed by atoms with Gasteiger partial charge in [-0.2, -0.15) is 5.26 Å². The van der Waals surface area contributed by atoms with Crippen molar-refractivity contribution in [3.63, 3.8) is 0 Å². The number of hydrogen-bond donors (Lipinski definition) is 1. The molecule has 0 fully saturated rings. The van der Waals surface area contributed by atoms with Gasteiger partial charge < -0.3 is 10.1 Å². The molecule has 156 valence electrons. The third kappa shape index (κ3) is 4.29. The number of nitriles is 1. The number of benzene rings is 2. The highest BCUT2D eigenvalue weighted by Gasteiger charge is 2.41. The Labute approximate surface area is 183 Å². The molecule has 0 spiro atoms. The summed E-state index contributed by atoms with van der Waals surface area (Å²) in [6.07, 6.45) is -0.0622. The number of rotatable bonds is 6. The number of hydrogen-bond acceptors (Lipinski definition) is 7. The maximum Gasteiger partial charge on any atom is 0.259 e. The molecule has 0 saturated heterocycles. The average molecular weight is 433 g/mol. The Morgan fingerprint density at radius 3 is 2.77 bits per heavy atom. The van der Waals surface area contributed by atoms with E-state index in [-0.39, 0.29) is 24.0 Å². The van der Waals surface area contributed by atoms with Gasteiger partial charge in [-0.3, -0.25) is 14.6 Å². The van der Waals surface area contributed by atoms with Gasteiger partial charge >= 0.3 is 0 Å². The van der Waals surface area contributed by atoms with E-state index in [9.17, 15) is 9.59 Å². The van der Waals surface area contributed by atoms with Gasteiger partial charge in [-0.15, -0.1) is 0 Å². The summed E-state index contributed by atoms with van der Waals surface area (Å²) in [5.41, 5.74) is 2.35. The Morgan fingerprint density at radius 2 is 2.03 bits per heavy atom. The lowest BCUT2D eigenvalue weighted by Gasteiger charge is -2.25. The van der Waals surface area contributed by atoms with Crippen LogP contribution in [0.4, 0.5) is 5.69 Å². The molecule has 2 heterocycles. The van der Waals surface area contributed by atoms with Crippen molar-refractivity contribution in [1.82, 2.24) is 10.2 Å². The smallest absolute Gasteiger partial charge is 0.259 e. The Morgan fingerprint density at radius 1 is 1.26 bits per heavy atom. The van der Waals surface area contributed by atoms with Crippen LogP contribution in [-0.4, -0.2) is 46.6 Å². The van der Waals surface area contributed by atoms with Crippen LogP contribution >= 0.6 is 11.8 Å². The first kappa shape index (κ1) is 20.6. The average Bonchev–Trinajstić information content (AvgIpc) is 3.12. The highest BCUT2D eigenvalue weighted by Crippen LogP contribution is 2.33. The number of carbonyl (C=O) groups excluding carboxylic acids is 2. The van der Waals surface area contributed by atoms with Gasteiger partial charge in [-0.05, 0) is 29.8 Å². The minimum atomic E-state index is -0.829. The molecule has 1 unspecified atom stereocenters. The number of nitrogens with one attached hydrogen (secondary N) is 1.